The molecule has 23 heavy (non-hydrogen) atoms. The quantitative estimate of drug-likeness (QED) is 0.870. The molecule has 0 radical (unpaired) electrons. The second-order valence-electron chi connectivity index (χ2n) is 6.18. The van der Waals surface area contributed by atoms with Crippen molar-refractivity contribution in [2.45, 2.75) is 36.7 Å². The van der Waals surface area contributed by atoms with E-state index in [9.17, 15) is 8.42 Å². The summed E-state index contributed by atoms with van der Waals surface area (Å²) in [7, 11) is 1.92. The Kier molecular flexibility index (Phi) is 7.97. The molecule has 0 aromatic heterocycles. The monoisotopic (exact) mass is 361 g/mol. The number of halogens is 1. The van der Waals surface area contributed by atoms with Crippen LogP contribution in [0.15, 0.2) is 29.2 Å². The molecular weight excluding hydrogens is 334 g/mol. The molecular formula is C16H28ClN3O2S. The highest BCUT2D eigenvalue weighted by atomic mass is 35.5. The Morgan fingerprint density at radius 1 is 1.09 bits per heavy atom. The van der Waals surface area contributed by atoms with Crippen molar-refractivity contribution in [2.24, 2.45) is 0 Å². The van der Waals surface area contributed by atoms with Crippen LogP contribution in [0.3, 0.4) is 0 Å². The molecule has 132 valence electrons. The van der Waals surface area contributed by atoms with Crippen LogP contribution in [-0.2, 0) is 16.6 Å². The number of nitrogens with one attached hydrogen (secondary N) is 1. The van der Waals surface area contributed by atoms with Gasteiger partial charge in [-0.1, -0.05) is 12.1 Å². The van der Waals surface area contributed by atoms with Crippen LogP contribution in [0.1, 0.15) is 24.8 Å². The van der Waals surface area contributed by atoms with Gasteiger partial charge in [-0.3, -0.25) is 4.90 Å². The third-order valence-corrected chi connectivity index (χ3v) is 6.13. The summed E-state index contributed by atoms with van der Waals surface area (Å²) >= 11 is 0. The molecule has 1 aliphatic rings. The molecule has 0 bridgehead atoms. The van der Waals surface area contributed by atoms with Crippen molar-refractivity contribution in [1.29, 1.82) is 0 Å². The minimum absolute atomic E-state index is 0. The van der Waals surface area contributed by atoms with E-state index in [1.54, 1.807) is 26.2 Å². The van der Waals surface area contributed by atoms with Gasteiger partial charge in [0.1, 0.15) is 0 Å². The summed E-state index contributed by atoms with van der Waals surface area (Å²) in [6.45, 7) is 3.05. The van der Waals surface area contributed by atoms with E-state index in [0.717, 1.165) is 25.2 Å². The highest BCUT2D eigenvalue weighted by Gasteiger charge is 2.18. The Morgan fingerprint density at radius 2 is 1.74 bits per heavy atom. The molecule has 1 atom stereocenters. The molecule has 1 N–H and O–H groups in total. The first-order valence-electron chi connectivity index (χ1n) is 7.83. The van der Waals surface area contributed by atoms with E-state index in [-0.39, 0.29) is 12.4 Å². The fourth-order valence-electron chi connectivity index (χ4n) is 2.84. The van der Waals surface area contributed by atoms with Gasteiger partial charge in [-0.15, -0.1) is 12.4 Å². The van der Waals surface area contributed by atoms with E-state index in [1.807, 2.05) is 12.1 Å². The van der Waals surface area contributed by atoms with Crippen LogP contribution in [0.2, 0.25) is 0 Å². The van der Waals surface area contributed by atoms with Crippen LogP contribution in [0, 0.1) is 0 Å². The van der Waals surface area contributed by atoms with Gasteiger partial charge in [-0.2, -0.15) is 0 Å². The normalized spacial score (nSPS) is 19.4. The molecule has 0 spiro atoms. The first-order chi connectivity index (χ1) is 10.4. The molecule has 5 nitrogen and oxygen atoms in total. The molecule has 1 aromatic rings. The van der Waals surface area contributed by atoms with Crippen molar-refractivity contribution >= 4 is 22.4 Å². The Labute approximate surface area is 146 Å². The molecule has 1 unspecified atom stereocenters. The Hall–Kier alpha value is -0.660. The maximum atomic E-state index is 12.1. The van der Waals surface area contributed by atoms with Gasteiger partial charge in [-0.05, 0) is 57.1 Å². The maximum Gasteiger partial charge on any atom is 0.242 e. The first kappa shape index (κ1) is 20.4. The van der Waals surface area contributed by atoms with Gasteiger partial charge in [-0.25, -0.2) is 12.7 Å². The molecule has 0 amide bonds. The van der Waals surface area contributed by atoms with E-state index in [1.165, 1.54) is 23.6 Å². The molecule has 1 fully saturated rings. The SMILES string of the molecule is CN(Cc1ccc(S(=O)(=O)N(C)C)cc1)C1CCCNCC1.Cl. The third-order valence-electron chi connectivity index (χ3n) is 4.30. The van der Waals surface area contributed by atoms with Crippen LogP contribution in [-0.4, -0.2) is 57.9 Å². The molecule has 1 saturated heterocycles. The predicted octanol–water partition coefficient (Wildman–Crippen LogP) is 1.93. The summed E-state index contributed by atoms with van der Waals surface area (Å²) in [6.07, 6.45) is 3.61. The van der Waals surface area contributed by atoms with Crippen LogP contribution in [0.5, 0.6) is 0 Å². The van der Waals surface area contributed by atoms with Gasteiger partial charge in [0.05, 0.1) is 4.90 Å². The molecule has 0 aliphatic carbocycles. The van der Waals surface area contributed by atoms with Crippen LogP contribution in [0.4, 0.5) is 0 Å². The predicted molar refractivity (Wildman–Crippen MR) is 96.5 cm³/mol. The van der Waals surface area contributed by atoms with Gasteiger partial charge < -0.3 is 5.32 Å². The standard InChI is InChI=1S/C16H27N3O2S.ClH/c1-18(2)22(20,21)16-8-6-14(7-9-16)13-19(3)15-5-4-11-17-12-10-15;/h6-9,15,17H,4-5,10-13H2,1-3H3;1H. The number of sulfonamides is 1. The van der Waals surface area contributed by atoms with Gasteiger partial charge in [0.25, 0.3) is 0 Å². The highest BCUT2D eigenvalue weighted by Crippen LogP contribution is 2.17. The Morgan fingerprint density at radius 3 is 2.35 bits per heavy atom. The number of hydrogen-bond donors (Lipinski definition) is 1. The van der Waals surface area contributed by atoms with Crippen molar-refractivity contribution in [1.82, 2.24) is 14.5 Å². The lowest BCUT2D eigenvalue weighted by Gasteiger charge is -2.27. The fourth-order valence-corrected chi connectivity index (χ4v) is 3.74. The molecule has 1 aliphatic heterocycles. The lowest BCUT2D eigenvalue weighted by molar-refractivity contribution is 0.216. The minimum Gasteiger partial charge on any atom is -0.317 e. The zero-order valence-corrected chi connectivity index (χ0v) is 15.8. The first-order valence-corrected chi connectivity index (χ1v) is 9.27. The smallest absolute Gasteiger partial charge is 0.242 e. The third kappa shape index (κ3) is 5.43. The average molecular weight is 362 g/mol. The maximum absolute atomic E-state index is 12.1. The zero-order chi connectivity index (χ0) is 16.2. The lowest BCUT2D eigenvalue weighted by Crippen LogP contribution is -2.32. The summed E-state index contributed by atoms with van der Waals surface area (Å²) in [5.41, 5.74) is 1.15. The molecule has 2 rings (SSSR count). The van der Waals surface area contributed by atoms with Crippen molar-refractivity contribution in [3.05, 3.63) is 29.8 Å². The van der Waals surface area contributed by atoms with E-state index < -0.39 is 10.0 Å². The summed E-state index contributed by atoms with van der Waals surface area (Å²) in [6, 6.07) is 7.84. The second kappa shape index (κ2) is 8.99. The largest absolute Gasteiger partial charge is 0.317 e. The topological polar surface area (TPSA) is 52.7 Å². The minimum atomic E-state index is -3.34. The zero-order valence-electron chi connectivity index (χ0n) is 14.2. The van der Waals surface area contributed by atoms with Crippen molar-refractivity contribution in [2.75, 3.05) is 34.2 Å². The van der Waals surface area contributed by atoms with Crippen LogP contribution < -0.4 is 5.32 Å². The van der Waals surface area contributed by atoms with E-state index in [0.29, 0.717) is 10.9 Å². The van der Waals surface area contributed by atoms with Gasteiger partial charge >= 0.3 is 0 Å². The molecule has 1 heterocycles. The van der Waals surface area contributed by atoms with Crippen molar-refractivity contribution in [3.63, 3.8) is 0 Å². The Bertz CT molecular complexity index is 567. The average Bonchev–Trinajstić information content (AvgIpc) is 2.76. The fraction of sp³-hybridized carbons (Fsp3) is 0.625. The van der Waals surface area contributed by atoms with Crippen molar-refractivity contribution in [3.8, 4) is 0 Å². The second-order valence-corrected chi connectivity index (χ2v) is 8.33. The number of rotatable bonds is 5. The summed E-state index contributed by atoms with van der Waals surface area (Å²) in [4.78, 5) is 2.73. The summed E-state index contributed by atoms with van der Waals surface area (Å²) < 4.78 is 25.4. The lowest BCUT2D eigenvalue weighted by atomic mass is 10.1. The Balaban J connectivity index is 0.00000264. The van der Waals surface area contributed by atoms with E-state index >= 15 is 0 Å². The number of benzene rings is 1. The summed E-state index contributed by atoms with van der Waals surface area (Å²) in [5, 5.41) is 3.43. The number of hydrogen-bond acceptors (Lipinski definition) is 4. The van der Waals surface area contributed by atoms with Crippen LogP contribution >= 0.6 is 12.4 Å². The van der Waals surface area contributed by atoms with E-state index in [4.69, 9.17) is 0 Å². The highest BCUT2D eigenvalue weighted by molar-refractivity contribution is 7.89. The molecule has 7 heteroatoms. The number of nitrogens with zero attached hydrogens (tertiary/aromatic N) is 2. The molecule has 1 aromatic carbocycles. The summed E-state index contributed by atoms with van der Waals surface area (Å²) in [5.74, 6) is 0. The van der Waals surface area contributed by atoms with Crippen molar-refractivity contribution < 1.29 is 8.42 Å². The van der Waals surface area contributed by atoms with Crippen LogP contribution in [0.25, 0.3) is 0 Å². The van der Waals surface area contributed by atoms with Gasteiger partial charge in [0.15, 0.2) is 0 Å². The van der Waals surface area contributed by atoms with E-state index in [2.05, 4.69) is 17.3 Å². The van der Waals surface area contributed by atoms with Gasteiger partial charge in [0, 0.05) is 26.7 Å². The van der Waals surface area contributed by atoms with Gasteiger partial charge in [0.2, 0.25) is 10.0 Å². The molecule has 0 saturated carbocycles.